The first kappa shape index (κ1) is 19.3. The number of para-hydroxylation sites is 2. The van der Waals surface area contributed by atoms with Crippen LogP contribution in [-0.2, 0) is 13.0 Å². The van der Waals surface area contributed by atoms with Crippen molar-refractivity contribution in [1.29, 1.82) is 0 Å². The number of nitrogens with one attached hydrogen (secondary N) is 2. The monoisotopic (exact) mass is 402 g/mol. The van der Waals surface area contributed by atoms with Gasteiger partial charge in [0.05, 0.1) is 11.2 Å². The van der Waals surface area contributed by atoms with Crippen molar-refractivity contribution < 1.29 is 9.18 Å². The lowest BCUT2D eigenvalue weighted by Gasteiger charge is -2.16. The highest BCUT2D eigenvalue weighted by atomic mass is 19.1. The number of hydrogen-bond donors (Lipinski definition) is 2. The van der Waals surface area contributed by atoms with Gasteiger partial charge in [0.2, 0.25) is 0 Å². The summed E-state index contributed by atoms with van der Waals surface area (Å²) >= 11 is 0. The number of aryl methyl sites for hydroxylation is 1. The minimum absolute atomic E-state index is 0.0477. The van der Waals surface area contributed by atoms with Crippen LogP contribution in [0.1, 0.15) is 5.56 Å². The number of anilines is 2. The summed E-state index contributed by atoms with van der Waals surface area (Å²) in [5, 5.41) is 5.81. The van der Waals surface area contributed by atoms with Gasteiger partial charge < -0.3 is 5.32 Å². The van der Waals surface area contributed by atoms with E-state index in [-0.39, 0.29) is 5.69 Å². The van der Waals surface area contributed by atoms with Gasteiger partial charge in [-0.15, -0.1) is 0 Å². The molecule has 0 aliphatic rings. The normalized spacial score (nSPS) is 10.7. The van der Waals surface area contributed by atoms with Crippen LogP contribution in [0.15, 0.2) is 83.7 Å². The smallest absolute Gasteiger partial charge is 0.305 e. The molecule has 0 radical (unpaired) electrons. The average Bonchev–Trinajstić information content (AvgIpc) is 2.75. The van der Waals surface area contributed by atoms with Gasteiger partial charge in [0.1, 0.15) is 11.6 Å². The topological polar surface area (TPSA) is 76.0 Å². The molecule has 0 saturated heterocycles. The molecule has 2 amide bonds. The van der Waals surface area contributed by atoms with Gasteiger partial charge in [0.15, 0.2) is 0 Å². The number of carbonyl (C=O) groups is 1. The van der Waals surface area contributed by atoms with Crippen molar-refractivity contribution in [2.24, 2.45) is 0 Å². The van der Waals surface area contributed by atoms with Gasteiger partial charge in [-0.1, -0.05) is 54.6 Å². The number of nitrogens with zero attached hydrogens (tertiary/aromatic N) is 2. The molecule has 6 nitrogen and oxygen atoms in total. The molecule has 0 spiro atoms. The molecule has 0 aliphatic heterocycles. The van der Waals surface area contributed by atoms with Gasteiger partial charge >= 0.3 is 11.7 Å². The highest BCUT2D eigenvalue weighted by molar-refractivity contribution is 6.04. The Balaban J connectivity index is 1.68. The van der Waals surface area contributed by atoms with Crippen molar-refractivity contribution in [2.45, 2.75) is 13.0 Å². The predicted molar refractivity (Wildman–Crippen MR) is 115 cm³/mol. The first-order valence-corrected chi connectivity index (χ1v) is 9.48. The van der Waals surface area contributed by atoms with E-state index in [1.165, 1.54) is 22.8 Å². The van der Waals surface area contributed by atoms with E-state index in [1.807, 2.05) is 30.3 Å². The fraction of sp³-hybridized carbons (Fsp3) is 0.0870. The Labute approximate surface area is 172 Å². The second-order valence-corrected chi connectivity index (χ2v) is 6.71. The third-order valence-electron chi connectivity index (χ3n) is 4.70. The Morgan fingerprint density at radius 2 is 1.60 bits per heavy atom. The van der Waals surface area contributed by atoms with Crippen LogP contribution in [0.2, 0.25) is 0 Å². The molecule has 4 aromatic rings. The molecular weight excluding hydrogens is 383 g/mol. The number of amides is 2. The minimum Gasteiger partial charge on any atom is -0.305 e. The zero-order chi connectivity index (χ0) is 20.9. The third kappa shape index (κ3) is 4.20. The van der Waals surface area contributed by atoms with Crippen molar-refractivity contribution in [3.63, 3.8) is 0 Å². The number of fused-ring (bicyclic) bond motifs is 1. The molecule has 3 aromatic carbocycles. The fourth-order valence-corrected chi connectivity index (χ4v) is 3.23. The number of aromatic nitrogens is 2. The Hall–Kier alpha value is -4.00. The van der Waals surface area contributed by atoms with Gasteiger partial charge in [0, 0.05) is 11.9 Å². The summed E-state index contributed by atoms with van der Waals surface area (Å²) in [6.07, 6.45) is 0.588. The molecule has 0 aliphatic carbocycles. The Morgan fingerprint density at radius 1 is 0.900 bits per heavy atom. The average molecular weight is 402 g/mol. The second-order valence-electron chi connectivity index (χ2n) is 6.71. The van der Waals surface area contributed by atoms with Crippen molar-refractivity contribution in [2.75, 3.05) is 10.6 Å². The van der Waals surface area contributed by atoms with Gasteiger partial charge in [-0.2, -0.15) is 4.98 Å². The SMILES string of the molecule is O=C(Nc1ccccc1F)Nc1c2ccccc2nc(=O)n1CCc1ccccc1. The van der Waals surface area contributed by atoms with Gasteiger partial charge in [0.25, 0.3) is 0 Å². The van der Waals surface area contributed by atoms with Crippen LogP contribution >= 0.6 is 0 Å². The van der Waals surface area contributed by atoms with Crippen molar-refractivity contribution in [3.05, 3.63) is 101 Å². The largest absolute Gasteiger partial charge is 0.349 e. The summed E-state index contributed by atoms with van der Waals surface area (Å²) in [6, 6.07) is 22.0. The first-order chi connectivity index (χ1) is 14.6. The van der Waals surface area contributed by atoms with Crippen LogP contribution < -0.4 is 16.3 Å². The molecule has 0 bridgehead atoms. The number of carbonyl (C=O) groups excluding carboxylic acids is 1. The summed E-state index contributed by atoms with van der Waals surface area (Å²) in [5.74, 6) is -0.232. The van der Waals surface area contributed by atoms with Crippen LogP contribution in [0.5, 0.6) is 0 Å². The van der Waals surface area contributed by atoms with E-state index in [0.717, 1.165) is 5.56 Å². The summed E-state index contributed by atoms with van der Waals surface area (Å²) in [5.41, 5.74) is 1.11. The van der Waals surface area contributed by atoms with Gasteiger partial charge in [-0.05, 0) is 36.2 Å². The molecule has 1 heterocycles. The van der Waals surface area contributed by atoms with E-state index in [2.05, 4.69) is 15.6 Å². The summed E-state index contributed by atoms with van der Waals surface area (Å²) < 4.78 is 15.3. The molecule has 7 heteroatoms. The molecule has 0 unspecified atom stereocenters. The maximum atomic E-state index is 13.9. The van der Waals surface area contributed by atoms with Crippen molar-refractivity contribution in [3.8, 4) is 0 Å². The lowest BCUT2D eigenvalue weighted by molar-refractivity contribution is 0.262. The number of halogens is 1. The molecule has 1 aromatic heterocycles. The minimum atomic E-state index is -0.649. The van der Waals surface area contributed by atoms with Crippen LogP contribution in [0.25, 0.3) is 10.9 Å². The lowest BCUT2D eigenvalue weighted by Crippen LogP contribution is -2.30. The Morgan fingerprint density at radius 3 is 2.40 bits per heavy atom. The molecule has 150 valence electrons. The third-order valence-corrected chi connectivity index (χ3v) is 4.70. The number of rotatable bonds is 5. The van der Waals surface area contributed by atoms with E-state index < -0.39 is 17.5 Å². The van der Waals surface area contributed by atoms with E-state index in [4.69, 9.17) is 0 Å². The van der Waals surface area contributed by atoms with Crippen LogP contribution in [0, 0.1) is 5.82 Å². The second kappa shape index (κ2) is 8.57. The standard InChI is InChI=1S/C23H19FN4O2/c24-18-11-5-7-13-20(18)25-22(29)27-21-17-10-4-6-12-19(17)26-23(30)28(21)15-14-16-8-2-1-3-9-16/h1-13H,14-15H2,(H2,25,27,29). The molecule has 0 saturated carbocycles. The quantitative estimate of drug-likeness (QED) is 0.519. The Bertz CT molecular complexity index is 1260. The molecular formula is C23H19FN4O2. The highest BCUT2D eigenvalue weighted by Gasteiger charge is 2.15. The van der Waals surface area contributed by atoms with E-state index in [9.17, 15) is 14.0 Å². The molecule has 2 N–H and O–H groups in total. The molecule has 4 rings (SSSR count). The summed E-state index contributed by atoms with van der Waals surface area (Å²) in [4.78, 5) is 29.4. The lowest BCUT2D eigenvalue weighted by atomic mass is 10.1. The fourth-order valence-electron chi connectivity index (χ4n) is 3.23. The maximum Gasteiger partial charge on any atom is 0.349 e. The van der Waals surface area contributed by atoms with E-state index >= 15 is 0 Å². The van der Waals surface area contributed by atoms with Gasteiger partial charge in [-0.3, -0.25) is 9.88 Å². The number of urea groups is 1. The molecule has 0 fully saturated rings. The zero-order valence-electron chi connectivity index (χ0n) is 16.0. The van der Waals surface area contributed by atoms with E-state index in [0.29, 0.717) is 29.7 Å². The number of benzene rings is 3. The number of hydrogen-bond acceptors (Lipinski definition) is 3. The van der Waals surface area contributed by atoms with Crippen molar-refractivity contribution in [1.82, 2.24) is 9.55 Å². The van der Waals surface area contributed by atoms with E-state index in [1.54, 1.807) is 30.3 Å². The maximum absolute atomic E-state index is 13.9. The van der Waals surface area contributed by atoms with Crippen LogP contribution in [-0.4, -0.2) is 15.6 Å². The zero-order valence-corrected chi connectivity index (χ0v) is 16.0. The summed E-state index contributed by atoms with van der Waals surface area (Å²) in [7, 11) is 0. The highest BCUT2D eigenvalue weighted by Crippen LogP contribution is 2.21. The summed E-state index contributed by atoms with van der Waals surface area (Å²) in [6.45, 7) is 0.329. The van der Waals surface area contributed by atoms with Gasteiger partial charge in [-0.25, -0.2) is 14.0 Å². The van der Waals surface area contributed by atoms with Crippen LogP contribution in [0.4, 0.5) is 20.7 Å². The van der Waals surface area contributed by atoms with Crippen LogP contribution in [0.3, 0.4) is 0 Å². The molecule has 0 atom stereocenters. The Kier molecular flexibility index (Phi) is 5.52. The first-order valence-electron chi connectivity index (χ1n) is 9.48. The van der Waals surface area contributed by atoms with Crippen molar-refractivity contribution >= 4 is 28.4 Å². The molecule has 30 heavy (non-hydrogen) atoms. The predicted octanol–water partition coefficient (Wildman–Crippen LogP) is 4.42.